The first-order valence-corrected chi connectivity index (χ1v) is 4.22. The van der Waals surface area contributed by atoms with Crippen molar-refractivity contribution in [3.05, 3.63) is 17.0 Å². The van der Waals surface area contributed by atoms with E-state index in [-0.39, 0.29) is 0 Å². The smallest absolute Gasteiger partial charge is 0.0810 e. The molecule has 4 nitrogen and oxygen atoms in total. The van der Waals surface area contributed by atoms with E-state index in [1.807, 2.05) is 18.8 Å². The second kappa shape index (κ2) is 2.88. The van der Waals surface area contributed by atoms with Gasteiger partial charge in [0.25, 0.3) is 0 Å². The van der Waals surface area contributed by atoms with E-state index in [1.165, 1.54) is 17.0 Å². The number of fused-ring (bicyclic) bond motifs is 1. The van der Waals surface area contributed by atoms with E-state index >= 15 is 0 Å². The van der Waals surface area contributed by atoms with Crippen LogP contribution in [0.15, 0.2) is 0 Å². The molecule has 12 heavy (non-hydrogen) atoms. The maximum Gasteiger partial charge on any atom is 0.0810 e. The lowest BCUT2D eigenvalue weighted by atomic mass is 10.2. The fourth-order valence-corrected chi connectivity index (χ4v) is 1.70. The van der Waals surface area contributed by atoms with Gasteiger partial charge in [-0.3, -0.25) is 4.68 Å². The Morgan fingerprint density at radius 3 is 3.17 bits per heavy atom. The molecule has 0 unspecified atom stereocenters. The van der Waals surface area contributed by atoms with Crippen LogP contribution in [0, 0.1) is 0 Å². The fraction of sp³-hybridized carbons (Fsp3) is 0.625. The number of aryl methyl sites for hydroxylation is 1. The van der Waals surface area contributed by atoms with E-state index in [0.29, 0.717) is 0 Å². The minimum Gasteiger partial charge on any atom is -0.314 e. The van der Waals surface area contributed by atoms with Gasteiger partial charge < -0.3 is 10.6 Å². The minimum atomic E-state index is 0.866. The molecule has 4 heteroatoms. The van der Waals surface area contributed by atoms with Gasteiger partial charge in [0.15, 0.2) is 0 Å². The van der Waals surface area contributed by atoms with Gasteiger partial charge in [0.1, 0.15) is 0 Å². The number of hydrogen-bond donors (Lipinski definition) is 2. The van der Waals surface area contributed by atoms with Gasteiger partial charge in [-0.1, -0.05) is 0 Å². The van der Waals surface area contributed by atoms with Crippen LogP contribution in [0.25, 0.3) is 0 Å². The summed E-state index contributed by atoms with van der Waals surface area (Å²) in [6, 6.07) is 0. The molecule has 0 bridgehead atoms. The SMILES string of the molecule is CNCc1nn(C)c2c1CNC2. The second-order valence-corrected chi connectivity index (χ2v) is 3.13. The van der Waals surface area contributed by atoms with Crippen LogP contribution in [0.4, 0.5) is 0 Å². The molecule has 0 saturated heterocycles. The Balaban J connectivity index is 2.37. The van der Waals surface area contributed by atoms with Crippen molar-refractivity contribution < 1.29 is 0 Å². The van der Waals surface area contributed by atoms with Crippen molar-refractivity contribution in [2.75, 3.05) is 7.05 Å². The highest BCUT2D eigenvalue weighted by Gasteiger charge is 2.19. The summed E-state index contributed by atoms with van der Waals surface area (Å²) in [6.07, 6.45) is 0. The molecule has 1 aromatic heterocycles. The molecule has 1 aliphatic heterocycles. The summed E-state index contributed by atoms with van der Waals surface area (Å²) in [5.41, 5.74) is 3.90. The minimum absolute atomic E-state index is 0.866. The molecule has 2 N–H and O–H groups in total. The standard InChI is InChI=1S/C8H14N4/c1-9-4-7-6-3-10-5-8(6)12(2)11-7/h9-10H,3-5H2,1-2H3. The summed E-state index contributed by atoms with van der Waals surface area (Å²) in [5.74, 6) is 0. The first-order valence-electron chi connectivity index (χ1n) is 4.22. The van der Waals surface area contributed by atoms with Crippen LogP contribution in [-0.4, -0.2) is 16.8 Å². The van der Waals surface area contributed by atoms with Gasteiger partial charge in [-0.2, -0.15) is 5.10 Å². The molecular formula is C8H14N4. The summed E-state index contributed by atoms with van der Waals surface area (Å²) < 4.78 is 1.97. The maximum atomic E-state index is 4.44. The number of hydrogen-bond acceptors (Lipinski definition) is 3. The van der Waals surface area contributed by atoms with Gasteiger partial charge in [0, 0.05) is 32.2 Å². The van der Waals surface area contributed by atoms with Crippen molar-refractivity contribution in [2.24, 2.45) is 7.05 Å². The molecule has 0 aromatic carbocycles. The van der Waals surface area contributed by atoms with Crippen molar-refractivity contribution in [1.29, 1.82) is 0 Å². The molecule has 1 aliphatic rings. The molecule has 2 rings (SSSR count). The summed E-state index contributed by atoms with van der Waals surface area (Å²) in [5, 5.41) is 10.9. The van der Waals surface area contributed by atoms with Crippen molar-refractivity contribution in [2.45, 2.75) is 19.6 Å². The number of aromatic nitrogens is 2. The molecule has 0 atom stereocenters. The Morgan fingerprint density at radius 2 is 2.42 bits per heavy atom. The van der Waals surface area contributed by atoms with E-state index in [0.717, 1.165) is 19.6 Å². The van der Waals surface area contributed by atoms with E-state index < -0.39 is 0 Å². The van der Waals surface area contributed by atoms with Crippen LogP contribution in [0.2, 0.25) is 0 Å². The van der Waals surface area contributed by atoms with Crippen LogP contribution >= 0.6 is 0 Å². The summed E-state index contributed by atoms with van der Waals surface area (Å²) in [4.78, 5) is 0. The Hall–Kier alpha value is -0.870. The van der Waals surface area contributed by atoms with Crippen molar-refractivity contribution >= 4 is 0 Å². The van der Waals surface area contributed by atoms with Crippen LogP contribution < -0.4 is 10.6 Å². The van der Waals surface area contributed by atoms with Gasteiger partial charge in [0.05, 0.1) is 11.4 Å². The highest BCUT2D eigenvalue weighted by Crippen LogP contribution is 2.18. The lowest BCUT2D eigenvalue weighted by molar-refractivity contribution is 0.643. The molecule has 0 amide bonds. The first kappa shape index (κ1) is 7.76. The maximum absolute atomic E-state index is 4.44. The first-order chi connectivity index (χ1) is 5.83. The Bertz CT molecular complexity index is 289. The average Bonchev–Trinajstić information content (AvgIpc) is 2.58. The quantitative estimate of drug-likeness (QED) is 0.636. The Labute approximate surface area is 72.0 Å². The van der Waals surface area contributed by atoms with Crippen LogP contribution in [0.5, 0.6) is 0 Å². The van der Waals surface area contributed by atoms with Gasteiger partial charge in [-0.25, -0.2) is 0 Å². The molecule has 0 spiro atoms. The highest BCUT2D eigenvalue weighted by molar-refractivity contribution is 5.29. The third kappa shape index (κ3) is 1.04. The zero-order valence-corrected chi connectivity index (χ0v) is 7.52. The third-order valence-corrected chi connectivity index (χ3v) is 2.30. The molecule has 0 radical (unpaired) electrons. The molecule has 2 heterocycles. The predicted molar refractivity (Wildman–Crippen MR) is 46.5 cm³/mol. The molecule has 0 saturated carbocycles. The Kier molecular flexibility index (Phi) is 1.86. The molecule has 1 aromatic rings. The highest BCUT2D eigenvalue weighted by atomic mass is 15.3. The number of nitrogens with zero attached hydrogens (tertiary/aromatic N) is 2. The van der Waals surface area contributed by atoms with Gasteiger partial charge in [0.2, 0.25) is 0 Å². The fourth-order valence-electron chi connectivity index (χ4n) is 1.70. The summed E-state index contributed by atoms with van der Waals surface area (Å²) >= 11 is 0. The van der Waals surface area contributed by atoms with Crippen molar-refractivity contribution in [3.8, 4) is 0 Å². The monoisotopic (exact) mass is 166 g/mol. The zero-order valence-electron chi connectivity index (χ0n) is 7.52. The van der Waals surface area contributed by atoms with Crippen LogP contribution in [-0.2, 0) is 26.7 Å². The van der Waals surface area contributed by atoms with E-state index in [2.05, 4.69) is 15.7 Å². The normalized spacial score (nSPS) is 15.2. The van der Waals surface area contributed by atoms with Crippen LogP contribution in [0.3, 0.4) is 0 Å². The molecule has 0 aliphatic carbocycles. The van der Waals surface area contributed by atoms with Gasteiger partial charge in [-0.05, 0) is 7.05 Å². The lowest BCUT2D eigenvalue weighted by Crippen LogP contribution is -2.11. The molecule has 0 fully saturated rings. The van der Waals surface area contributed by atoms with E-state index in [9.17, 15) is 0 Å². The molecule has 66 valence electrons. The molecular weight excluding hydrogens is 152 g/mol. The largest absolute Gasteiger partial charge is 0.314 e. The second-order valence-electron chi connectivity index (χ2n) is 3.13. The summed E-state index contributed by atoms with van der Waals surface area (Å²) in [6.45, 7) is 2.80. The number of nitrogens with one attached hydrogen (secondary N) is 2. The predicted octanol–water partition coefficient (Wildman–Crippen LogP) is -0.257. The van der Waals surface area contributed by atoms with Gasteiger partial charge in [-0.15, -0.1) is 0 Å². The topological polar surface area (TPSA) is 41.9 Å². The number of rotatable bonds is 2. The zero-order chi connectivity index (χ0) is 8.55. The summed E-state index contributed by atoms with van der Waals surface area (Å²) in [7, 11) is 3.95. The van der Waals surface area contributed by atoms with Crippen molar-refractivity contribution in [3.63, 3.8) is 0 Å². The Morgan fingerprint density at radius 1 is 1.58 bits per heavy atom. The van der Waals surface area contributed by atoms with Crippen molar-refractivity contribution in [1.82, 2.24) is 20.4 Å². The van der Waals surface area contributed by atoms with Crippen LogP contribution in [0.1, 0.15) is 17.0 Å². The van der Waals surface area contributed by atoms with E-state index in [4.69, 9.17) is 0 Å². The van der Waals surface area contributed by atoms with E-state index in [1.54, 1.807) is 0 Å². The third-order valence-electron chi connectivity index (χ3n) is 2.30. The lowest BCUT2D eigenvalue weighted by Gasteiger charge is -1.97. The van der Waals surface area contributed by atoms with Gasteiger partial charge >= 0.3 is 0 Å². The average molecular weight is 166 g/mol.